The number of carbonyl (C=O) groups excluding carboxylic acids is 1. The predicted molar refractivity (Wildman–Crippen MR) is 119 cm³/mol. The number of carbonyl (C=O) groups is 1. The van der Waals surface area contributed by atoms with Crippen molar-refractivity contribution in [1.82, 2.24) is 13.9 Å². The van der Waals surface area contributed by atoms with Gasteiger partial charge >= 0.3 is 6.09 Å². The molecule has 0 bridgehead atoms. The summed E-state index contributed by atoms with van der Waals surface area (Å²) in [6.45, 7) is 5.45. The molecule has 0 saturated carbocycles. The number of rotatable bonds is 5. The Morgan fingerprint density at radius 2 is 1.94 bits per heavy atom. The van der Waals surface area contributed by atoms with Gasteiger partial charge in [0.15, 0.2) is 0 Å². The Balaban J connectivity index is 2.07. The average molecular weight is 453 g/mol. The lowest BCUT2D eigenvalue weighted by molar-refractivity contribution is 0.0285. The molecule has 1 aromatic carbocycles. The van der Waals surface area contributed by atoms with E-state index in [1.807, 2.05) is 6.07 Å². The Labute approximate surface area is 187 Å². The maximum atomic E-state index is 13.5. The maximum Gasteiger partial charge on any atom is 0.410 e. The third-order valence-electron chi connectivity index (χ3n) is 4.47. The summed E-state index contributed by atoms with van der Waals surface area (Å²) in [6, 6.07) is 13.1. The van der Waals surface area contributed by atoms with Gasteiger partial charge in [-0.05, 0) is 56.7 Å². The highest BCUT2D eigenvalue weighted by atomic mass is 32.2. The Morgan fingerprint density at radius 1 is 1.22 bits per heavy atom. The summed E-state index contributed by atoms with van der Waals surface area (Å²) in [6.07, 6.45) is 4.07. The smallest absolute Gasteiger partial charge is 0.410 e. The molecule has 166 valence electrons. The molecule has 0 radical (unpaired) electrons. The van der Waals surface area contributed by atoms with Gasteiger partial charge in [-0.3, -0.25) is 4.98 Å². The van der Waals surface area contributed by atoms with Crippen LogP contribution in [0.15, 0.2) is 66.0 Å². The fraction of sp³-hybridized carbons (Fsp3) is 0.261. The van der Waals surface area contributed by atoms with Crippen molar-refractivity contribution in [3.8, 4) is 17.3 Å². The van der Waals surface area contributed by atoms with Gasteiger partial charge in [-0.1, -0.05) is 12.1 Å². The van der Waals surface area contributed by atoms with Crippen molar-refractivity contribution in [1.29, 1.82) is 5.26 Å². The summed E-state index contributed by atoms with van der Waals surface area (Å²) < 4.78 is 33.5. The first-order chi connectivity index (χ1) is 15.0. The van der Waals surface area contributed by atoms with E-state index in [0.29, 0.717) is 16.8 Å². The maximum absolute atomic E-state index is 13.5. The summed E-state index contributed by atoms with van der Waals surface area (Å²) in [5.74, 6) is 0. The third-order valence-corrected chi connectivity index (χ3v) is 6.20. The lowest BCUT2D eigenvalue weighted by Gasteiger charge is -2.24. The lowest BCUT2D eigenvalue weighted by atomic mass is 10.2. The molecule has 2 heterocycles. The van der Waals surface area contributed by atoms with E-state index >= 15 is 0 Å². The van der Waals surface area contributed by atoms with Crippen LogP contribution in [0, 0.1) is 11.3 Å². The molecule has 0 aliphatic carbocycles. The topological polar surface area (TPSA) is 105 Å². The van der Waals surface area contributed by atoms with Crippen LogP contribution in [0.3, 0.4) is 0 Å². The summed E-state index contributed by atoms with van der Waals surface area (Å²) in [5, 5.41) is 9.40. The van der Waals surface area contributed by atoms with Gasteiger partial charge in [-0.2, -0.15) is 5.26 Å². The molecule has 3 rings (SSSR count). The van der Waals surface area contributed by atoms with Gasteiger partial charge in [-0.15, -0.1) is 0 Å². The van der Waals surface area contributed by atoms with E-state index in [4.69, 9.17) is 4.74 Å². The van der Waals surface area contributed by atoms with Gasteiger partial charge in [0, 0.05) is 31.2 Å². The highest BCUT2D eigenvalue weighted by molar-refractivity contribution is 7.90. The van der Waals surface area contributed by atoms with Crippen molar-refractivity contribution < 1.29 is 17.9 Å². The molecule has 0 N–H and O–H groups in total. The molecule has 0 spiro atoms. The first-order valence-electron chi connectivity index (χ1n) is 9.83. The highest BCUT2D eigenvalue weighted by Crippen LogP contribution is 2.28. The zero-order chi connectivity index (χ0) is 23.5. The number of hydrogen-bond acceptors (Lipinski definition) is 6. The summed E-state index contributed by atoms with van der Waals surface area (Å²) in [5.41, 5.74) is 0.929. The minimum Gasteiger partial charge on any atom is -0.444 e. The van der Waals surface area contributed by atoms with Crippen LogP contribution in [0.1, 0.15) is 31.9 Å². The van der Waals surface area contributed by atoms with Crippen LogP contribution < -0.4 is 0 Å². The van der Waals surface area contributed by atoms with Crippen LogP contribution in [-0.2, 0) is 21.3 Å². The number of amides is 1. The van der Waals surface area contributed by atoms with E-state index in [1.165, 1.54) is 23.2 Å². The Morgan fingerprint density at radius 3 is 2.56 bits per heavy atom. The van der Waals surface area contributed by atoms with Crippen molar-refractivity contribution in [3.63, 3.8) is 0 Å². The number of nitriles is 1. The molecule has 0 fully saturated rings. The third kappa shape index (κ3) is 4.98. The number of hydrogen-bond donors (Lipinski definition) is 0. The van der Waals surface area contributed by atoms with Crippen molar-refractivity contribution in [3.05, 3.63) is 72.2 Å². The molecule has 8 nitrogen and oxygen atoms in total. The number of pyridine rings is 1. The van der Waals surface area contributed by atoms with Crippen LogP contribution in [0.4, 0.5) is 4.79 Å². The fourth-order valence-electron chi connectivity index (χ4n) is 3.07. The van der Waals surface area contributed by atoms with Crippen LogP contribution in [0.25, 0.3) is 11.3 Å². The van der Waals surface area contributed by atoms with Crippen LogP contribution in [0.5, 0.6) is 0 Å². The van der Waals surface area contributed by atoms with Crippen molar-refractivity contribution >= 4 is 16.1 Å². The normalized spacial score (nSPS) is 11.6. The van der Waals surface area contributed by atoms with Crippen LogP contribution >= 0.6 is 0 Å². The SMILES string of the molecule is CN(Cc1cc(-c2cccnc2)n(S(=O)(=O)c2ccccc2C#N)c1)C(=O)OC(C)(C)C. The molecule has 2 aromatic heterocycles. The standard InChI is InChI=1S/C23H24N4O4S/c1-23(2,3)31-22(28)26(4)15-17-12-20(19-9-7-11-25-14-19)27(16-17)32(29,30)21-10-6-5-8-18(21)13-24/h5-12,14,16H,15H2,1-4H3. The molecule has 9 heteroatoms. The van der Waals surface area contributed by atoms with Crippen LogP contribution in [0.2, 0.25) is 0 Å². The number of aromatic nitrogens is 2. The molecule has 0 aliphatic heterocycles. The number of ether oxygens (including phenoxy) is 1. The molecule has 1 amide bonds. The molecular weight excluding hydrogens is 428 g/mol. The second kappa shape index (κ2) is 8.85. The summed E-state index contributed by atoms with van der Waals surface area (Å²) in [7, 11) is -2.51. The van der Waals surface area contributed by atoms with Gasteiger partial charge in [0.25, 0.3) is 10.0 Å². The number of benzene rings is 1. The fourth-order valence-corrected chi connectivity index (χ4v) is 4.62. The molecule has 32 heavy (non-hydrogen) atoms. The first-order valence-corrected chi connectivity index (χ1v) is 11.3. The molecular formula is C23H24N4O4S. The van der Waals surface area contributed by atoms with Gasteiger partial charge in [0.1, 0.15) is 16.6 Å². The minimum absolute atomic E-state index is 0.0470. The zero-order valence-corrected chi connectivity index (χ0v) is 19.1. The van der Waals surface area contributed by atoms with E-state index < -0.39 is 21.7 Å². The van der Waals surface area contributed by atoms with Gasteiger partial charge < -0.3 is 9.64 Å². The molecule has 0 atom stereocenters. The Kier molecular flexibility index (Phi) is 6.37. The lowest BCUT2D eigenvalue weighted by Crippen LogP contribution is -2.33. The van der Waals surface area contributed by atoms with Crippen molar-refractivity contribution in [2.75, 3.05) is 7.05 Å². The largest absolute Gasteiger partial charge is 0.444 e. The second-order valence-corrected chi connectivity index (χ2v) is 10.0. The highest BCUT2D eigenvalue weighted by Gasteiger charge is 2.26. The van der Waals surface area contributed by atoms with E-state index in [0.717, 1.165) is 3.97 Å². The van der Waals surface area contributed by atoms with E-state index in [2.05, 4.69) is 4.98 Å². The zero-order valence-electron chi connectivity index (χ0n) is 18.3. The van der Waals surface area contributed by atoms with Crippen LogP contribution in [-0.4, -0.2) is 41.0 Å². The minimum atomic E-state index is -4.09. The monoisotopic (exact) mass is 452 g/mol. The van der Waals surface area contributed by atoms with Gasteiger partial charge in [0.2, 0.25) is 0 Å². The van der Waals surface area contributed by atoms with Gasteiger partial charge in [-0.25, -0.2) is 17.2 Å². The van der Waals surface area contributed by atoms with E-state index in [1.54, 1.807) is 70.5 Å². The predicted octanol–water partition coefficient (Wildman–Crippen LogP) is 4.03. The summed E-state index contributed by atoms with van der Waals surface area (Å²) >= 11 is 0. The van der Waals surface area contributed by atoms with Crippen molar-refractivity contribution in [2.24, 2.45) is 0 Å². The molecule has 0 saturated heterocycles. The average Bonchev–Trinajstić information content (AvgIpc) is 3.17. The molecule has 3 aromatic rings. The molecule has 0 unspecified atom stereocenters. The van der Waals surface area contributed by atoms with Crippen molar-refractivity contribution in [2.45, 2.75) is 37.8 Å². The van der Waals surface area contributed by atoms with Gasteiger partial charge in [0.05, 0.1) is 17.8 Å². The van der Waals surface area contributed by atoms with E-state index in [-0.39, 0.29) is 17.0 Å². The quantitative estimate of drug-likeness (QED) is 0.579. The van der Waals surface area contributed by atoms with E-state index in [9.17, 15) is 18.5 Å². The summed E-state index contributed by atoms with van der Waals surface area (Å²) in [4.78, 5) is 17.7. The first kappa shape index (κ1) is 23.0. The second-order valence-electron chi connectivity index (χ2n) is 8.22. The Bertz CT molecular complexity index is 1270. The molecule has 0 aliphatic rings. The number of nitrogens with zero attached hydrogens (tertiary/aromatic N) is 4. The Hall–Kier alpha value is -3.64.